The van der Waals surface area contributed by atoms with Gasteiger partial charge in [0.1, 0.15) is 11.3 Å². The Labute approximate surface area is 217 Å². The molecule has 0 aromatic carbocycles. The number of aromatic nitrogens is 2. The van der Waals surface area contributed by atoms with Crippen molar-refractivity contribution in [2.75, 3.05) is 6.61 Å². The van der Waals surface area contributed by atoms with E-state index in [1.54, 1.807) is 17.8 Å². The van der Waals surface area contributed by atoms with Crippen molar-refractivity contribution in [2.45, 2.75) is 99.1 Å². The largest absolute Gasteiger partial charge is 0.477 e. The van der Waals surface area contributed by atoms with Crippen molar-refractivity contribution in [1.29, 1.82) is 0 Å². The summed E-state index contributed by atoms with van der Waals surface area (Å²) in [6, 6.07) is 0.0533. The molecule has 36 heavy (non-hydrogen) atoms. The molecule has 0 saturated heterocycles. The van der Waals surface area contributed by atoms with Gasteiger partial charge < -0.3 is 15.2 Å². The summed E-state index contributed by atoms with van der Waals surface area (Å²) in [4.78, 5) is 25.3. The van der Waals surface area contributed by atoms with Crippen molar-refractivity contribution < 1.29 is 19.4 Å². The van der Waals surface area contributed by atoms with E-state index in [9.17, 15) is 14.7 Å². The summed E-state index contributed by atoms with van der Waals surface area (Å²) in [5.41, 5.74) is 0.215. The fraction of sp³-hybridized carbons (Fsp3) is 0.759. The number of carbonyl (C=O) groups excluding carboxylic acids is 2. The monoisotopic (exact) mass is 501 g/mol. The minimum atomic E-state index is -0.266. The molecule has 2 bridgehead atoms. The zero-order valence-electron chi connectivity index (χ0n) is 23.3. The molecule has 1 aromatic heterocycles. The van der Waals surface area contributed by atoms with E-state index in [0.717, 1.165) is 38.5 Å². The maximum Gasteiger partial charge on any atom is 0.258 e. The lowest BCUT2D eigenvalue weighted by Gasteiger charge is -2.46. The molecular weight excluding hydrogens is 454 g/mol. The lowest BCUT2D eigenvalue weighted by Crippen LogP contribution is -2.52. The highest BCUT2D eigenvalue weighted by atomic mass is 16.5. The second kappa shape index (κ2) is 11.9. The molecule has 0 aliphatic heterocycles. The van der Waals surface area contributed by atoms with Crippen LogP contribution in [0.4, 0.5) is 0 Å². The minimum Gasteiger partial charge on any atom is -0.477 e. The zero-order chi connectivity index (χ0) is 26.6. The molecule has 7 heteroatoms. The molecular formula is C29H47N3O4. The van der Waals surface area contributed by atoms with Gasteiger partial charge in [-0.2, -0.15) is 5.10 Å². The van der Waals surface area contributed by atoms with Gasteiger partial charge in [0.25, 0.3) is 5.91 Å². The van der Waals surface area contributed by atoms with Crippen LogP contribution < -0.4 is 10.1 Å². The predicted octanol–water partition coefficient (Wildman–Crippen LogP) is 5.34. The number of nitrogens with one attached hydrogen (secondary N) is 1. The fourth-order valence-corrected chi connectivity index (χ4v) is 6.06. The Hall–Kier alpha value is -2.15. The Kier molecular flexibility index (Phi) is 9.42. The third-order valence-electron chi connectivity index (χ3n) is 8.03. The zero-order valence-corrected chi connectivity index (χ0v) is 23.3. The van der Waals surface area contributed by atoms with Crippen molar-refractivity contribution in [3.63, 3.8) is 0 Å². The number of fused-ring (bicyclic) bond motifs is 2. The summed E-state index contributed by atoms with van der Waals surface area (Å²) >= 11 is 0. The number of hydrogen-bond acceptors (Lipinski definition) is 5. The predicted molar refractivity (Wildman–Crippen MR) is 143 cm³/mol. The van der Waals surface area contributed by atoms with E-state index in [4.69, 9.17) is 4.74 Å². The summed E-state index contributed by atoms with van der Waals surface area (Å²) in [6.45, 7) is 14.6. The molecule has 2 saturated carbocycles. The Balaban J connectivity index is 1.82. The van der Waals surface area contributed by atoms with E-state index in [2.05, 4.69) is 45.0 Å². The number of Topliss-reactive ketones (excluding diaryl/α,β-unsaturated/α-hetero) is 1. The summed E-state index contributed by atoms with van der Waals surface area (Å²) < 4.78 is 7.75. The molecule has 2 N–H and O–H groups in total. The van der Waals surface area contributed by atoms with E-state index in [-0.39, 0.29) is 35.2 Å². The third-order valence-corrected chi connectivity index (χ3v) is 8.03. The van der Waals surface area contributed by atoms with Gasteiger partial charge in [-0.3, -0.25) is 9.59 Å². The van der Waals surface area contributed by atoms with Crippen molar-refractivity contribution in [1.82, 2.24) is 15.1 Å². The Morgan fingerprint density at radius 1 is 1.25 bits per heavy atom. The van der Waals surface area contributed by atoms with Gasteiger partial charge in [0, 0.05) is 18.2 Å². The van der Waals surface area contributed by atoms with Crippen LogP contribution in [0.3, 0.4) is 0 Å². The van der Waals surface area contributed by atoms with Crippen LogP contribution in [0.2, 0.25) is 0 Å². The number of nitrogens with zero attached hydrogens (tertiary/aromatic N) is 2. The third kappa shape index (κ3) is 7.21. The lowest BCUT2D eigenvalue weighted by atomic mass is 9.64. The number of hydrogen-bond donors (Lipinski definition) is 2. The average molecular weight is 502 g/mol. The van der Waals surface area contributed by atoms with E-state index in [1.165, 1.54) is 0 Å². The smallest absolute Gasteiger partial charge is 0.258 e. The maximum atomic E-state index is 13.5. The molecule has 2 fully saturated rings. The SMILES string of the molecule is CCC1CC2CC(C[C@@H](O)C2)[C@@H]1NC(=O)c1cnn(/C=C/C(C)(C)CC(C)C(C)=O)c1OCC(C)C. The van der Waals surface area contributed by atoms with E-state index < -0.39 is 0 Å². The molecule has 1 amide bonds. The van der Waals surface area contributed by atoms with Gasteiger partial charge in [-0.1, -0.05) is 54.0 Å². The van der Waals surface area contributed by atoms with Crippen molar-refractivity contribution in [3.05, 3.63) is 17.8 Å². The van der Waals surface area contributed by atoms with Gasteiger partial charge in [0.15, 0.2) is 0 Å². The van der Waals surface area contributed by atoms with E-state index in [1.807, 2.05) is 19.2 Å². The first-order valence-corrected chi connectivity index (χ1v) is 13.8. The van der Waals surface area contributed by atoms with Crippen LogP contribution in [0.5, 0.6) is 5.88 Å². The number of amides is 1. The summed E-state index contributed by atoms with van der Waals surface area (Å²) in [6.07, 6.45) is 10.7. The van der Waals surface area contributed by atoms with Crippen LogP contribution in [0, 0.1) is 35.0 Å². The molecule has 0 spiro atoms. The number of rotatable bonds is 11. The number of carbonyl (C=O) groups is 2. The average Bonchev–Trinajstić information content (AvgIpc) is 3.20. The Bertz CT molecular complexity index is 933. The standard InChI is InChI=1S/C29H47N3O4/c1-8-22-11-21-12-23(14-24(34)13-21)26(22)31-27(35)25-16-30-32(28(25)36-17-18(2)3)10-9-29(6,7)15-19(4)20(5)33/h9-10,16,18-19,21-24,26,34H,8,11-15,17H2,1-7H3,(H,31,35)/b10-9+/t19?,21?,22?,23?,24-,26+/m0/s1. The Morgan fingerprint density at radius 2 is 1.97 bits per heavy atom. The summed E-state index contributed by atoms with van der Waals surface area (Å²) in [5.74, 6) is 2.01. The van der Waals surface area contributed by atoms with Crippen molar-refractivity contribution in [3.8, 4) is 5.88 Å². The molecule has 202 valence electrons. The van der Waals surface area contributed by atoms with E-state index >= 15 is 0 Å². The number of aliphatic hydroxyl groups excluding tert-OH is 1. The van der Waals surface area contributed by atoms with Crippen LogP contribution in [0.25, 0.3) is 6.20 Å². The molecule has 6 atom stereocenters. The van der Waals surface area contributed by atoms with Crippen LogP contribution in [-0.2, 0) is 4.79 Å². The van der Waals surface area contributed by atoms with Gasteiger partial charge in [-0.25, -0.2) is 4.68 Å². The molecule has 1 aromatic rings. The Morgan fingerprint density at radius 3 is 2.61 bits per heavy atom. The maximum absolute atomic E-state index is 13.5. The second-order valence-electron chi connectivity index (χ2n) is 12.4. The van der Waals surface area contributed by atoms with Crippen LogP contribution in [0.1, 0.15) is 97.3 Å². The minimum absolute atomic E-state index is 0.0276. The van der Waals surface area contributed by atoms with Gasteiger partial charge in [-0.05, 0) is 68.1 Å². The molecule has 3 rings (SSSR count). The normalized spacial score (nSPS) is 27.3. The number of ketones is 1. The van der Waals surface area contributed by atoms with Crippen molar-refractivity contribution >= 4 is 17.9 Å². The molecule has 7 nitrogen and oxygen atoms in total. The van der Waals surface area contributed by atoms with Gasteiger partial charge in [0.05, 0.1) is 18.9 Å². The number of allylic oxidation sites excluding steroid dienone is 1. The second-order valence-corrected chi connectivity index (χ2v) is 12.4. The highest BCUT2D eigenvalue weighted by molar-refractivity contribution is 5.96. The highest BCUT2D eigenvalue weighted by Crippen LogP contribution is 2.44. The molecule has 4 unspecified atom stereocenters. The van der Waals surface area contributed by atoms with Crippen LogP contribution in [-0.4, -0.2) is 45.3 Å². The first-order valence-electron chi connectivity index (χ1n) is 13.8. The van der Waals surface area contributed by atoms with Crippen LogP contribution in [0.15, 0.2) is 12.3 Å². The molecule has 0 radical (unpaired) electrons. The topological polar surface area (TPSA) is 93.5 Å². The number of aliphatic hydroxyl groups is 1. The van der Waals surface area contributed by atoms with Crippen LogP contribution >= 0.6 is 0 Å². The summed E-state index contributed by atoms with van der Waals surface area (Å²) in [5, 5.41) is 18.1. The first-order chi connectivity index (χ1) is 16.9. The first kappa shape index (κ1) is 28.4. The molecule has 2 aliphatic carbocycles. The fourth-order valence-electron chi connectivity index (χ4n) is 6.06. The number of ether oxygens (including phenoxy) is 1. The van der Waals surface area contributed by atoms with Crippen molar-refractivity contribution in [2.24, 2.45) is 35.0 Å². The van der Waals surface area contributed by atoms with Gasteiger partial charge in [0.2, 0.25) is 5.88 Å². The van der Waals surface area contributed by atoms with Gasteiger partial charge >= 0.3 is 0 Å². The quantitative estimate of drug-likeness (QED) is 0.427. The van der Waals surface area contributed by atoms with E-state index in [0.29, 0.717) is 41.7 Å². The van der Waals surface area contributed by atoms with Gasteiger partial charge in [-0.15, -0.1) is 0 Å². The lowest BCUT2D eigenvalue weighted by molar-refractivity contribution is -0.120. The summed E-state index contributed by atoms with van der Waals surface area (Å²) in [7, 11) is 0. The highest BCUT2D eigenvalue weighted by Gasteiger charge is 2.42. The molecule has 2 aliphatic rings. The molecule has 1 heterocycles.